The first-order chi connectivity index (χ1) is 8.24. The normalized spacial score (nSPS) is 12.1. The van der Waals surface area contributed by atoms with Gasteiger partial charge in [0.1, 0.15) is 0 Å². The van der Waals surface area contributed by atoms with Crippen molar-refractivity contribution in [3.05, 3.63) is 65.7 Å². The standard InChI is InChI=1S/C16H19N/c1-13-7-6-10-16(11-13)17-14(2)12-15-8-4-3-5-9-15/h3-11,14,17H,12H2,1-2H3. The summed E-state index contributed by atoms with van der Waals surface area (Å²) in [5.41, 5.74) is 3.87. The molecule has 0 aliphatic rings. The van der Waals surface area contributed by atoms with Crippen molar-refractivity contribution < 1.29 is 0 Å². The van der Waals surface area contributed by atoms with Crippen molar-refractivity contribution in [2.24, 2.45) is 0 Å². The molecular weight excluding hydrogens is 206 g/mol. The summed E-state index contributed by atoms with van der Waals surface area (Å²) in [7, 11) is 0. The van der Waals surface area contributed by atoms with Crippen molar-refractivity contribution in [3.63, 3.8) is 0 Å². The van der Waals surface area contributed by atoms with Gasteiger partial charge in [-0.2, -0.15) is 0 Å². The predicted octanol–water partition coefficient (Wildman–Crippen LogP) is 4.04. The van der Waals surface area contributed by atoms with E-state index < -0.39 is 0 Å². The topological polar surface area (TPSA) is 12.0 Å². The molecule has 0 amide bonds. The minimum Gasteiger partial charge on any atom is -0.382 e. The van der Waals surface area contributed by atoms with Gasteiger partial charge in [-0.3, -0.25) is 0 Å². The van der Waals surface area contributed by atoms with Crippen LogP contribution < -0.4 is 5.32 Å². The number of aryl methyl sites for hydroxylation is 1. The summed E-state index contributed by atoms with van der Waals surface area (Å²) in [6.07, 6.45) is 1.05. The van der Waals surface area contributed by atoms with Crippen molar-refractivity contribution in [3.8, 4) is 0 Å². The van der Waals surface area contributed by atoms with E-state index in [2.05, 4.69) is 73.8 Å². The molecule has 1 unspecified atom stereocenters. The highest BCUT2D eigenvalue weighted by Gasteiger charge is 2.03. The van der Waals surface area contributed by atoms with Crippen molar-refractivity contribution in [2.45, 2.75) is 26.3 Å². The van der Waals surface area contributed by atoms with E-state index >= 15 is 0 Å². The molecule has 0 aromatic heterocycles. The SMILES string of the molecule is Cc1cccc(NC(C)Cc2ccccc2)c1. The van der Waals surface area contributed by atoms with E-state index in [0.29, 0.717) is 6.04 Å². The maximum atomic E-state index is 3.53. The highest BCUT2D eigenvalue weighted by Crippen LogP contribution is 2.12. The fourth-order valence-electron chi connectivity index (χ4n) is 2.04. The molecule has 1 N–H and O–H groups in total. The van der Waals surface area contributed by atoms with Gasteiger partial charge >= 0.3 is 0 Å². The van der Waals surface area contributed by atoms with E-state index in [1.54, 1.807) is 0 Å². The Labute approximate surface area is 103 Å². The molecule has 0 saturated heterocycles. The number of benzene rings is 2. The molecule has 0 saturated carbocycles. The van der Waals surface area contributed by atoms with E-state index in [9.17, 15) is 0 Å². The Hall–Kier alpha value is -1.76. The van der Waals surface area contributed by atoms with Gasteiger partial charge in [0.25, 0.3) is 0 Å². The molecule has 0 aliphatic heterocycles. The monoisotopic (exact) mass is 225 g/mol. The lowest BCUT2D eigenvalue weighted by Crippen LogP contribution is -2.17. The Bertz CT molecular complexity index is 462. The average Bonchev–Trinajstić information content (AvgIpc) is 2.30. The second kappa shape index (κ2) is 5.53. The fraction of sp³-hybridized carbons (Fsp3) is 0.250. The van der Waals surface area contributed by atoms with Gasteiger partial charge in [0, 0.05) is 11.7 Å². The summed E-state index contributed by atoms with van der Waals surface area (Å²) in [4.78, 5) is 0. The second-order valence-corrected chi connectivity index (χ2v) is 4.60. The van der Waals surface area contributed by atoms with Crippen LogP contribution in [0.2, 0.25) is 0 Å². The lowest BCUT2D eigenvalue weighted by atomic mass is 10.1. The van der Waals surface area contributed by atoms with Gasteiger partial charge < -0.3 is 5.32 Å². The second-order valence-electron chi connectivity index (χ2n) is 4.60. The van der Waals surface area contributed by atoms with Gasteiger partial charge in [0.2, 0.25) is 0 Å². The molecular formula is C16H19N. The molecule has 1 atom stereocenters. The van der Waals surface area contributed by atoms with Gasteiger partial charge in [-0.25, -0.2) is 0 Å². The minimum absolute atomic E-state index is 0.444. The van der Waals surface area contributed by atoms with Crippen LogP contribution in [0.15, 0.2) is 54.6 Å². The molecule has 1 nitrogen and oxygen atoms in total. The van der Waals surface area contributed by atoms with Crippen LogP contribution in [-0.4, -0.2) is 6.04 Å². The van der Waals surface area contributed by atoms with Crippen LogP contribution >= 0.6 is 0 Å². The third-order valence-corrected chi connectivity index (χ3v) is 2.82. The summed E-state index contributed by atoms with van der Waals surface area (Å²) in [5.74, 6) is 0. The van der Waals surface area contributed by atoms with E-state index in [-0.39, 0.29) is 0 Å². The van der Waals surface area contributed by atoms with Crippen molar-refractivity contribution in [1.82, 2.24) is 0 Å². The van der Waals surface area contributed by atoms with Crippen molar-refractivity contribution >= 4 is 5.69 Å². The van der Waals surface area contributed by atoms with Gasteiger partial charge in [-0.1, -0.05) is 42.5 Å². The Kier molecular flexibility index (Phi) is 3.81. The van der Waals surface area contributed by atoms with E-state index in [0.717, 1.165) is 6.42 Å². The molecule has 0 heterocycles. The van der Waals surface area contributed by atoms with Gasteiger partial charge in [-0.05, 0) is 43.5 Å². The molecule has 0 aliphatic carbocycles. The summed E-state index contributed by atoms with van der Waals surface area (Å²) < 4.78 is 0. The van der Waals surface area contributed by atoms with Crippen molar-refractivity contribution in [1.29, 1.82) is 0 Å². The number of anilines is 1. The number of nitrogens with one attached hydrogen (secondary N) is 1. The molecule has 0 spiro atoms. The van der Waals surface area contributed by atoms with Gasteiger partial charge in [0.15, 0.2) is 0 Å². The highest BCUT2D eigenvalue weighted by atomic mass is 14.9. The van der Waals surface area contributed by atoms with E-state index in [1.807, 2.05) is 0 Å². The summed E-state index contributed by atoms with van der Waals surface area (Å²) in [6.45, 7) is 4.34. The number of hydrogen-bond acceptors (Lipinski definition) is 1. The zero-order valence-electron chi connectivity index (χ0n) is 10.5. The molecule has 0 bridgehead atoms. The zero-order valence-corrected chi connectivity index (χ0v) is 10.5. The Morgan fingerprint density at radius 3 is 2.47 bits per heavy atom. The molecule has 0 radical (unpaired) electrons. The van der Waals surface area contributed by atoms with Crippen LogP contribution in [0.25, 0.3) is 0 Å². The maximum absolute atomic E-state index is 3.53. The third kappa shape index (κ3) is 3.63. The van der Waals surface area contributed by atoms with Crippen LogP contribution in [0.1, 0.15) is 18.1 Å². The Morgan fingerprint density at radius 1 is 1.00 bits per heavy atom. The largest absolute Gasteiger partial charge is 0.382 e. The fourth-order valence-corrected chi connectivity index (χ4v) is 2.04. The molecule has 0 fully saturated rings. The van der Waals surface area contributed by atoms with E-state index in [1.165, 1.54) is 16.8 Å². The molecule has 2 aromatic carbocycles. The summed E-state index contributed by atoms with van der Waals surface area (Å²) in [6, 6.07) is 19.5. The van der Waals surface area contributed by atoms with Crippen LogP contribution in [0.4, 0.5) is 5.69 Å². The zero-order chi connectivity index (χ0) is 12.1. The number of hydrogen-bond donors (Lipinski definition) is 1. The van der Waals surface area contributed by atoms with Gasteiger partial charge in [-0.15, -0.1) is 0 Å². The maximum Gasteiger partial charge on any atom is 0.0344 e. The molecule has 17 heavy (non-hydrogen) atoms. The average molecular weight is 225 g/mol. The molecule has 1 heteroatoms. The Morgan fingerprint density at radius 2 is 1.76 bits per heavy atom. The summed E-state index contributed by atoms with van der Waals surface area (Å²) in [5, 5.41) is 3.53. The molecule has 88 valence electrons. The van der Waals surface area contributed by atoms with Crippen molar-refractivity contribution in [2.75, 3.05) is 5.32 Å². The first-order valence-electron chi connectivity index (χ1n) is 6.11. The molecule has 2 rings (SSSR count). The minimum atomic E-state index is 0.444. The third-order valence-electron chi connectivity index (χ3n) is 2.82. The van der Waals surface area contributed by atoms with Crippen LogP contribution in [0.5, 0.6) is 0 Å². The number of rotatable bonds is 4. The first kappa shape index (κ1) is 11.7. The van der Waals surface area contributed by atoms with E-state index in [4.69, 9.17) is 0 Å². The smallest absolute Gasteiger partial charge is 0.0344 e. The Balaban J connectivity index is 1.96. The quantitative estimate of drug-likeness (QED) is 0.828. The first-order valence-corrected chi connectivity index (χ1v) is 6.11. The summed E-state index contributed by atoms with van der Waals surface area (Å²) >= 11 is 0. The predicted molar refractivity (Wildman–Crippen MR) is 74.4 cm³/mol. The highest BCUT2D eigenvalue weighted by molar-refractivity contribution is 5.46. The van der Waals surface area contributed by atoms with Crippen LogP contribution in [-0.2, 0) is 6.42 Å². The lowest BCUT2D eigenvalue weighted by molar-refractivity contribution is 0.790. The van der Waals surface area contributed by atoms with Crippen LogP contribution in [0, 0.1) is 6.92 Å². The lowest BCUT2D eigenvalue weighted by Gasteiger charge is -2.15. The molecule has 2 aromatic rings. The van der Waals surface area contributed by atoms with Gasteiger partial charge in [0.05, 0.1) is 0 Å². The van der Waals surface area contributed by atoms with Crippen LogP contribution in [0.3, 0.4) is 0 Å².